The van der Waals surface area contributed by atoms with Crippen LogP contribution in [0.5, 0.6) is 5.75 Å². The zero-order valence-electron chi connectivity index (χ0n) is 21.2. The Morgan fingerprint density at radius 2 is 1.82 bits per heavy atom. The van der Waals surface area contributed by atoms with Gasteiger partial charge in [-0.25, -0.2) is 4.98 Å². The van der Waals surface area contributed by atoms with Crippen molar-refractivity contribution in [3.05, 3.63) is 95.3 Å². The molecule has 3 aromatic carbocycles. The first-order chi connectivity index (χ1) is 19.3. The first-order valence-electron chi connectivity index (χ1n) is 12.7. The van der Waals surface area contributed by atoms with Gasteiger partial charge in [-0.1, -0.05) is 58.4 Å². The summed E-state index contributed by atoms with van der Waals surface area (Å²) in [5, 5.41) is 8.67. The summed E-state index contributed by atoms with van der Waals surface area (Å²) in [5.41, 5.74) is 1.69. The van der Waals surface area contributed by atoms with Crippen molar-refractivity contribution in [2.24, 2.45) is 5.10 Å². The highest BCUT2D eigenvalue weighted by Crippen LogP contribution is 2.35. The van der Waals surface area contributed by atoms with E-state index in [1.54, 1.807) is 48.7 Å². The molecule has 7 nitrogen and oxygen atoms in total. The molecule has 1 aromatic heterocycles. The molecule has 0 spiro atoms. The van der Waals surface area contributed by atoms with Gasteiger partial charge in [0.05, 0.1) is 26.6 Å². The maximum Gasteiger partial charge on any atom is 0.282 e. The van der Waals surface area contributed by atoms with Crippen molar-refractivity contribution in [1.82, 2.24) is 9.66 Å². The van der Waals surface area contributed by atoms with E-state index in [0.29, 0.717) is 43.2 Å². The summed E-state index contributed by atoms with van der Waals surface area (Å²) in [6.45, 7) is -0.243. The van der Waals surface area contributed by atoms with Crippen molar-refractivity contribution in [2.75, 3.05) is 11.9 Å². The molecular weight excluding hydrogens is 683 g/mol. The molecule has 206 valence electrons. The number of hydrogen-bond acceptors (Lipinski definition) is 5. The summed E-state index contributed by atoms with van der Waals surface area (Å²) in [6.07, 6.45) is 6.91. The number of halogens is 4. The Balaban J connectivity index is 1.38. The molecule has 1 aliphatic carbocycles. The fourth-order valence-electron chi connectivity index (χ4n) is 4.69. The van der Waals surface area contributed by atoms with Crippen LogP contribution in [0.2, 0.25) is 10.0 Å². The van der Waals surface area contributed by atoms with E-state index in [2.05, 4.69) is 42.3 Å². The fourth-order valence-corrected chi connectivity index (χ4v) is 6.16. The monoisotopic (exact) mass is 704 g/mol. The summed E-state index contributed by atoms with van der Waals surface area (Å²) in [4.78, 5) is 30.7. The summed E-state index contributed by atoms with van der Waals surface area (Å²) in [5.74, 6) is 0.813. The number of nitrogens with one attached hydrogen (secondary N) is 1. The van der Waals surface area contributed by atoms with Gasteiger partial charge in [-0.3, -0.25) is 9.59 Å². The highest BCUT2D eigenvalue weighted by atomic mass is 79.9. The minimum atomic E-state index is -0.346. The highest BCUT2D eigenvalue weighted by molar-refractivity contribution is 9.10. The van der Waals surface area contributed by atoms with Gasteiger partial charge in [0.1, 0.15) is 5.82 Å². The number of aromatic nitrogens is 2. The molecule has 1 fully saturated rings. The Bertz CT molecular complexity index is 1630. The zero-order valence-corrected chi connectivity index (χ0v) is 25.9. The lowest BCUT2D eigenvalue weighted by atomic mass is 9.88. The lowest BCUT2D eigenvalue weighted by Crippen LogP contribution is -2.25. The fraction of sp³-hybridized carbons (Fsp3) is 0.241. The second kappa shape index (κ2) is 12.9. The van der Waals surface area contributed by atoms with Gasteiger partial charge in [0.15, 0.2) is 12.4 Å². The van der Waals surface area contributed by atoms with E-state index in [0.717, 1.165) is 30.2 Å². The van der Waals surface area contributed by atoms with Gasteiger partial charge in [-0.2, -0.15) is 9.78 Å². The quantitative estimate of drug-likeness (QED) is 0.197. The molecule has 0 radical (unpaired) electrons. The number of fused-ring (bicyclic) bond motifs is 1. The molecule has 11 heteroatoms. The van der Waals surface area contributed by atoms with Gasteiger partial charge >= 0.3 is 0 Å². The molecule has 5 rings (SSSR count). The van der Waals surface area contributed by atoms with E-state index < -0.39 is 0 Å². The normalized spacial score (nSPS) is 14.1. The Morgan fingerprint density at radius 1 is 1.07 bits per heavy atom. The Hall–Kier alpha value is -2.72. The number of rotatable bonds is 7. The molecule has 1 aliphatic rings. The Morgan fingerprint density at radius 3 is 2.55 bits per heavy atom. The van der Waals surface area contributed by atoms with Gasteiger partial charge in [-0.05, 0) is 88.9 Å². The van der Waals surface area contributed by atoms with Crippen molar-refractivity contribution < 1.29 is 9.53 Å². The lowest BCUT2D eigenvalue weighted by molar-refractivity contribution is -0.118. The second-order valence-electron chi connectivity index (χ2n) is 9.49. The number of nitrogens with zero attached hydrogens (tertiary/aromatic N) is 3. The van der Waals surface area contributed by atoms with Crippen LogP contribution >= 0.6 is 55.1 Å². The first kappa shape index (κ1) is 28.8. The molecule has 1 heterocycles. The number of amides is 1. The van der Waals surface area contributed by atoms with Gasteiger partial charge in [0.2, 0.25) is 0 Å². The molecule has 40 heavy (non-hydrogen) atoms. The summed E-state index contributed by atoms with van der Waals surface area (Å²) in [7, 11) is 0. The Kier molecular flexibility index (Phi) is 9.25. The van der Waals surface area contributed by atoms with Gasteiger partial charge in [0, 0.05) is 21.1 Å². The van der Waals surface area contributed by atoms with E-state index in [9.17, 15) is 9.59 Å². The van der Waals surface area contributed by atoms with E-state index in [-0.39, 0.29) is 29.0 Å². The van der Waals surface area contributed by atoms with Gasteiger partial charge < -0.3 is 10.1 Å². The van der Waals surface area contributed by atoms with E-state index in [4.69, 9.17) is 32.9 Å². The molecule has 0 saturated heterocycles. The van der Waals surface area contributed by atoms with E-state index in [1.165, 1.54) is 11.1 Å². The molecule has 0 unspecified atom stereocenters. The topological polar surface area (TPSA) is 85.6 Å². The van der Waals surface area contributed by atoms with Crippen molar-refractivity contribution >= 4 is 83.8 Å². The first-order valence-corrected chi connectivity index (χ1v) is 15.1. The molecule has 0 aliphatic heterocycles. The zero-order chi connectivity index (χ0) is 28.2. The van der Waals surface area contributed by atoms with Crippen LogP contribution in [-0.4, -0.2) is 28.4 Å². The minimum Gasteiger partial charge on any atom is -0.481 e. The SMILES string of the molecule is O=C(COc1c(Cl)cc(C=Nn2c(C3CCCCC3)nc3ccc(Br)cc3c2=O)cc1Br)Nc1ccc(Cl)cc1. The molecule has 0 bridgehead atoms. The molecule has 4 aromatic rings. The highest BCUT2D eigenvalue weighted by Gasteiger charge is 2.22. The number of ether oxygens (including phenoxy) is 1. The van der Waals surface area contributed by atoms with Crippen LogP contribution in [0.15, 0.2) is 73.4 Å². The average molecular weight is 707 g/mol. The van der Waals surface area contributed by atoms with Crippen LogP contribution in [0.25, 0.3) is 10.9 Å². The van der Waals surface area contributed by atoms with E-state index >= 15 is 0 Å². The standard InChI is InChI=1S/C29H24Br2Cl2N4O3/c30-19-6-11-25-22(14-19)29(39)37(28(36-25)18-4-2-1-3-5-18)34-15-17-12-23(31)27(24(33)13-17)40-16-26(38)35-21-9-7-20(32)8-10-21/h6-15,18H,1-5,16H2,(H,35,38). The lowest BCUT2D eigenvalue weighted by Gasteiger charge is -2.22. The van der Waals surface area contributed by atoms with E-state index in [1.807, 2.05) is 12.1 Å². The van der Waals surface area contributed by atoms with Crippen molar-refractivity contribution in [2.45, 2.75) is 38.0 Å². The van der Waals surface area contributed by atoms with Gasteiger partial charge in [-0.15, -0.1) is 0 Å². The van der Waals surface area contributed by atoms with Crippen molar-refractivity contribution in [3.63, 3.8) is 0 Å². The van der Waals surface area contributed by atoms with Crippen LogP contribution in [0.4, 0.5) is 5.69 Å². The van der Waals surface area contributed by atoms with Gasteiger partial charge in [0.25, 0.3) is 11.5 Å². The third kappa shape index (κ3) is 6.77. The Labute approximate surface area is 257 Å². The maximum absolute atomic E-state index is 13.5. The second-order valence-corrected chi connectivity index (χ2v) is 12.1. The maximum atomic E-state index is 13.5. The smallest absolute Gasteiger partial charge is 0.282 e. The predicted molar refractivity (Wildman–Crippen MR) is 167 cm³/mol. The minimum absolute atomic E-state index is 0.164. The summed E-state index contributed by atoms with van der Waals surface area (Å²) < 4.78 is 8.45. The predicted octanol–water partition coefficient (Wildman–Crippen LogP) is 8.18. The van der Waals surface area contributed by atoms with Crippen LogP contribution < -0.4 is 15.6 Å². The largest absolute Gasteiger partial charge is 0.481 e. The average Bonchev–Trinajstić information content (AvgIpc) is 2.94. The number of anilines is 1. The van der Waals surface area contributed by atoms with Crippen LogP contribution in [0.1, 0.15) is 49.4 Å². The number of hydrogen-bond donors (Lipinski definition) is 1. The number of carbonyl (C=O) groups is 1. The third-order valence-corrected chi connectivity index (χ3v) is 8.24. The van der Waals surface area contributed by atoms with Crippen LogP contribution in [0, 0.1) is 0 Å². The van der Waals surface area contributed by atoms with Crippen molar-refractivity contribution in [1.29, 1.82) is 0 Å². The molecule has 1 amide bonds. The summed E-state index contributed by atoms with van der Waals surface area (Å²) >= 11 is 19.3. The summed E-state index contributed by atoms with van der Waals surface area (Å²) in [6, 6.07) is 15.7. The van der Waals surface area contributed by atoms with Crippen molar-refractivity contribution in [3.8, 4) is 5.75 Å². The third-order valence-electron chi connectivity index (χ3n) is 6.62. The molecule has 1 N–H and O–H groups in total. The molecule has 1 saturated carbocycles. The molecule has 0 atom stereocenters. The van der Waals surface area contributed by atoms with Crippen LogP contribution in [-0.2, 0) is 4.79 Å². The van der Waals surface area contributed by atoms with Crippen LogP contribution in [0.3, 0.4) is 0 Å². The number of carbonyl (C=O) groups excluding carboxylic acids is 1. The number of benzene rings is 3. The molecular formula is C29H24Br2Cl2N4O3.